The van der Waals surface area contributed by atoms with Gasteiger partial charge in [0.2, 0.25) is 11.8 Å². The Bertz CT molecular complexity index is 1410. The van der Waals surface area contributed by atoms with Crippen LogP contribution in [0.3, 0.4) is 0 Å². The molecule has 4 aromatic rings. The molecule has 34 heavy (non-hydrogen) atoms. The van der Waals surface area contributed by atoms with Crippen molar-refractivity contribution >= 4 is 78.1 Å². The molecule has 0 spiro atoms. The third-order valence-corrected chi connectivity index (χ3v) is 7.02. The van der Waals surface area contributed by atoms with Crippen LogP contribution in [0.2, 0.25) is 0 Å². The number of anilines is 1. The molecule has 5 rings (SSSR count). The first kappa shape index (κ1) is 22.3. The second-order valence-corrected chi connectivity index (χ2v) is 9.84. The zero-order chi connectivity index (χ0) is 23.5. The predicted octanol–water partition coefficient (Wildman–Crippen LogP) is 5.71. The first-order valence-electron chi connectivity index (χ1n) is 10.6. The van der Waals surface area contributed by atoms with E-state index in [1.54, 1.807) is 18.3 Å². The summed E-state index contributed by atoms with van der Waals surface area (Å²) < 4.78 is 0.925. The van der Waals surface area contributed by atoms with E-state index in [2.05, 4.69) is 67.1 Å². The number of nitrogens with zero attached hydrogens (tertiary/aromatic N) is 2. The van der Waals surface area contributed by atoms with Crippen molar-refractivity contribution in [3.63, 3.8) is 0 Å². The number of carbonyl (C=O) groups excluding carboxylic acids is 2. The maximum absolute atomic E-state index is 12.4. The SMILES string of the molecule is O=C(CC1S/C(=N/N=C/c2c3ccccc3cc3ccccc23)NC1=O)Nc1ccc(Br)cc1. The van der Waals surface area contributed by atoms with Crippen molar-refractivity contribution in [2.75, 3.05) is 5.32 Å². The molecule has 2 N–H and O–H groups in total. The van der Waals surface area contributed by atoms with Crippen molar-refractivity contribution in [3.05, 3.63) is 88.9 Å². The number of fused-ring (bicyclic) bond motifs is 2. The lowest BCUT2D eigenvalue weighted by Crippen LogP contribution is -2.28. The molecule has 2 amide bonds. The molecule has 8 heteroatoms. The number of hydrogen-bond acceptors (Lipinski definition) is 5. The number of thioether (sulfide) groups is 1. The summed E-state index contributed by atoms with van der Waals surface area (Å²) in [6.07, 6.45) is 1.77. The molecule has 1 atom stereocenters. The van der Waals surface area contributed by atoms with E-state index in [0.29, 0.717) is 10.9 Å². The van der Waals surface area contributed by atoms with Crippen LogP contribution in [-0.2, 0) is 9.59 Å². The van der Waals surface area contributed by atoms with Gasteiger partial charge in [0.15, 0.2) is 5.17 Å². The van der Waals surface area contributed by atoms with Crippen LogP contribution in [-0.4, -0.2) is 28.4 Å². The summed E-state index contributed by atoms with van der Waals surface area (Å²) in [6.45, 7) is 0. The number of benzene rings is 4. The van der Waals surface area contributed by atoms with Gasteiger partial charge in [0.1, 0.15) is 5.25 Å². The highest BCUT2D eigenvalue weighted by Crippen LogP contribution is 2.28. The van der Waals surface area contributed by atoms with E-state index in [-0.39, 0.29) is 18.2 Å². The summed E-state index contributed by atoms with van der Waals surface area (Å²) in [6, 6.07) is 25.7. The van der Waals surface area contributed by atoms with Crippen LogP contribution in [0.1, 0.15) is 12.0 Å². The maximum Gasteiger partial charge on any atom is 0.240 e. The maximum atomic E-state index is 12.4. The van der Waals surface area contributed by atoms with Crippen LogP contribution in [0.25, 0.3) is 21.5 Å². The summed E-state index contributed by atoms with van der Waals surface area (Å²) in [5.74, 6) is -0.484. The quantitative estimate of drug-likeness (QED) is 0.197. The van der Waals surface area contributed by atoms with Gasteiger partial charge >= 0.3 is 0 Å². The number of amidine groups is 1. The Labute approximate surface area is 208 Å². The molecular formula is C26H19BrN4O2S. The van der Waals surface area contributed by atoms with E-state index >= 15 is 0 Å². The molecular weight excluding hydrogens is 512 g/mol. The molecule has 0 bridgehead atoms. The fraction of sp³-hybridized carbons (Fsp3) is 0.0769. The van der Waals surface area contributed by atoms with Gasteiger partial charge in [0.05, 0.1) is 6.21 Å². The van der Waals surface area contributed by atoms with E-state index < -0.39 is 5.25 Å². The van der Waals surface area contributed by atoms with Crippen molar-refractivity contribution in [3.8, 4) is 0 Å². The molecule has 1 aliphatic heterocycles. The summed E-state index contributed by atoms with van der Waals surface area (Å²) in [5.41, 5.74) is 1.65. The number of hydrogen-bond donors (Lipinski definition) is 2. The Morgan fingerprint density at radius 1 is 1.00 bits per heavy atom. The highest BCUT2D eigenvalue weighted by atomic mass is 79.9. The second-order valence-electron chi connectivity index (χ2n) is 7.74. The van der Waals surface area contributed by atoms with Crippen LogP contribution in [0.4, 0.5) is 5.69 Å². The van der Waals surface area contributed by atoms with Crippen molar-refractivity contribution in [1.82, 2.24) is 5.32 Å². The van der Waals surface area contributed by atoms with E-state index in [1.165, 1.54) is 11.8 Å². The van der Waals surface area contributed by atoms with Gasteiger partial charge in [-0.1, -0.05) is 76.2 Å². The molecule has 0 saturated carbocycles. The molecule has 1 unspecified atom stereocenters. The fourth-order valence-corrected chi connectivity index (χ4v) is 5.02. The average molecular weight is 531 g/mol. The third-order valence-electron chi connectivity index (χ3n) is 5.42. The monoisotopic (exact) mass is 530 g/mol. The lowest BCUT2D eigenvalue weighted by molar-refractivity contribution is -0.122. The van der Waals surface area contributed by atoms with Crippen molar-refractivity contribution in [2.24, 2.45) is 10.2 Å². The molecule has 0 aromatic heterocycles. The van der Waals surface area contributed by atoms with Gasteiger partial charge in [-0.3, -0.25) is 9.59 Å². The summed E-state index contributed by atoms with van der Waals surface area (Å²) in [7, 11) is 0. The highest BCUT2D eigenvalue weighted by molar-refractivity contribution is 9.10. The standard InChI is InChI=1S/C26H19BrN4O2S/c27-18-9-11-19(12-10-18)29-24(32)14-23-25(33)30-26(34-23)31-28-15-22-20-7-3-1-5-16(20)13-17-6-2-4-8-21(17)22/h1-13,15,23H,14H2,(H,29,32)(H,30,31,33)/b28-15+. The van der Waals surface area contributed by atoms with Crippen molar-refractivity contribution < 1.29 is 9.59 Å². The molecule has 1 saturated heterocycles. The van der Waals surface area contributed by atoms with E-state index in [4.69, 9.17) is 0 Å². The minimum absolute atomic E-state index is 0.0449. The summed E-state index contributed by atoms with van der Waals surface area (Å²) in [4.78, 5) is 24.7. The molecule has 1 heterocycles. The van der Waals surface area contributed by atoms with Crippen LogP contribution in [0.15, 0.2) is 93.5 Å². The van der Waals surface area contributed by atoms with Crippen molar-refractivity contribution in [2.45, 2.75) is 11.7 Å². The minimum atomic E-state index is -0.553. The number of carbonyl (C=O) groups is 2. The Balaban J connectivity index is 1.31. The number of rotatable bonds is 5. The first-order valence-corrected chi connectivity index (χ1v) is 12.3. The largest absolute Gasteiger partial charge is 0.326 e. The molecule has 0 radical (unpaired) electrons. The number of amides is 2. The third kappa shape index (κ3) is 4.88. The predicted molar refractivity (Wildman–Crippen MR) is 143 cm³/mol. The smallest absolute Gasteiger partial charge is 0.240 e. The first-order chi connectivity index (χ1) is 16.6. The van der Waals surface area contributed by atoms with Gasteiger partial charge < -0.3 is 10.6 Å². The van der Waals surface area contributed by atoms with Crippen LogP contribution in [0.5, 0.6) is 0 Å². The molecule has 1 fully saturated rings. The lowest BCUT2D eigenvalue weighted by atomic mass is 9.97. The zero-order valence-corrected chi connectivity index (χ0v) is 20.3. The van der Waals surface area contributed by atoms with Crippen molar-refractivity contribution in [1.29, 1.82) is 0 Å². The molecule has 6 nitrogen and oxygen atoms in total. The zero-order valence-electron chi connectivity index (χ0n) is 17.9. The van der Waals surface area contributed by atoms with Crippen LogP contribution in [0, 0.1) is 0 Å². The molecule has 4 aromatic carbocycles. The van der Waals surface area contributed by atoms with E-state index in [0.717, 1.165) is 31.6 Å². The van der Waals surface area contributed by atoms with Gasteiger partial charge in [-0.15, -0.1) is 5.10 Å². The fourth-order valence-electron chi connectivity index (χ4n) is 3.83. The lowest BCUT2D eigenvalue weighted by Gasteiger charge is -2.07. The Hall–Kier alpha value is -3.49. The van der Waals surface area contributed by atoms with Gasteiger partial charge in [-0.25, -0.2) is 0 Å². The second kappa shape index (κ2) is 9.79. The number of nitrogens with one attached hydrogen (secondary N) is 2. The average Bonchev–Trinajstić information content (AvgIpc) is 3.18. The van der Waals surface area contributed by atoms with E-state index in [9.17, 15) is 9.59 Å². The van der Waals surface area contributed by atoms with Crippen LogP contribution < -0.4 is 10.6 Å². The van der Waals surface area contributed by atoms with Gasteiger partial charge in [0.25, 0.3) is 0 Å². The molecule has 1 aliphatic rings. The summed E-state index contributed by atoms with van der Waals surface area (Å²) >= 11 is 4.57. The molecule has 0 aliphatic carbocycles. The summed E-state index contributed by atoms with van der Waals surface area (Å²) in [5, 5.41) is 18.2. The Morgan fingerprint density at radius 3 is 2.32 bits per heavy atom. The minimum Gasteiger partial charge on any atom is -0.326 e. The molecule has 168 valence electrons. The van der Waals surface area contributed by atoms with Gasteiger partial charge in [0, 0.05) is 22.1 Å². The normalized spacial score (nSPS) is 17.0. The number of halogens is 1. The topological polar surface area (TPSA) is 82.9 Å². The van der Waals surface area contributed by atoms with Gasteiger partial charge in [-0.05, 0) is 51.9 Å². The van der Waals surface area contributed by atoms with E-state index in [1.807, 2.05) is 36.4 Å². The Kier molecular flexibility index (Phi) is 6.42. The Morgan fingerprint density at radius 2 is 1.65 bits per heavy atom. The van der Waals surface area contributed by atoms with Gasteiger partial charge in [-0.2, -0.15) is 5.10 Å². The highest BCUT2D eigenvalue weighted by Gasteiger charge is 2.32. The van der Waals surface area contributed by atoms with Crippen LogP contribution >= 0.6 is 27.7 Å².